The van der Waals surface area contributed by atoms with Gasteiger partial charge in [0.2, 0.25) is 0 Å². The first kappa shape index (κ1) is 12.4. The second-order valence-electron chi connectivity index (χ2n) is 3.66. The van der Waals surface area contributed by atoms with Crippen LogP contribution in [0.2, 0.25) is 0 Å². The fourth-order valence-electron chi connectivity index (χ4n) is 0.812. The number of esters is 1. The molecule has 0 aliphatic carbocycles. The number of carbonyl (C=O) groups is 1. The van der Waals surface area contributed by atoms with Crippen molar-refractivity contribution in [2.45, 2.75) is 46.1 Å². The molecule has 0 aromatic rings. The predicted molar refractivity (Wildman–Crippen MR) is 51.3 cm³/mol. The quantitative estimate of drug-likeness (QED) is 0.668. The maximum Gasteiger partial charge on any atom is 0.311 e. The lowest BCUT2D eigenvalue weighted by Gasteiger charge is -2.28. The summed E-state index contributed by atoms with van der Waals surface area (Å²) in [6.45, 7) is 7.40. The van der Waals surface area contributed by atoms with Gasteiger partial charge < -0.3 is 9.84 Å². The van der Waals surface area contributed by atoms with Crippen LogP contribution in [0.3, 0.4) is 0 Å². The molecule has 0 heterocycles. The van der Waals surface area contributed by atoms with Crippen molar-refractivity contribution >= 4 is 5.97 Å². The fraction of sp³-hybridized carbons (Fsp3) is 0.900. The van der Waals surface area contributed by atoms with Gasteiger partial charge in [-0.05, 0) is 26.7 Å². The van der Waals surface area contributed by atoms with Gasteiger partial charge in [-0.2, -0.15) is 0 Å². The third kappa shape index (κ3) is 3.77. The molecule has 1 atom stereocenters. The van der Waals surface area contributed by atoms with Gasteiger partial charge in [-0.15, -0.1) is 0 Å². The predicted octanol–water partition coefficient (Wildman–Crippen LogP) is 1.74. The second-order valence-corrected chi connectivity index (χ2v) is 3.66. The van der Waals surface area contributed by atoms with E-state index in [9.17, 15) is 4.79 Å². The van der Waals surface area contributed by atoms with Gasteiger partial charge in [0.15, 0.2) is 0 Å². The number of aliphatic hydroxyl groups is 1. The number of carbonyl (C=O) groups excluding carboxylic acids is 1. The Bertz CT molecular complexity index is 162. The molecular weight excluding hydrogens is 168 g/mol. The molecule has 3 nitrogen and oxygen atoms in total. The largest absolute Gasteiger partial charge is 0.459 e. The highest BCUT2D eigenvalue weighted by atomic mass is 16.6. The first-order valence-corrected chi connectivity index (χ1v) is 4.82. The van der Waals surface area contributed by atoms with Crippen LogP contribution in [0.25, 0.3) is 0 Å². The van der Waals surface area contributed by atoms with Crippen molar-refractivity contribution < 1.29 is 14.6 Å². The molecule has 0 aliphatic rings. The molecule has 78 valence electrons. The summed E-state index contributed by atoms with van der Waals surface area (Å²) in [6, 6.07) is 0. The van der Waals surface area contributed by atoms with E-state index in [4.69, 9.17) is 9.84 Å². The Kier molecular flexibility index (Phi) is 4.99. The van der Waals surface area contributed by atoms with Crippen molar-refractivity contribution in [1.82, 2.24) is 0 Å². The number of aliphatic hydroxyl groups excluding tert-OH is 1. The molecule has 0 aromatic heterocycles. The molecule has 0 aromatic carbocycles. The van der Waals surface area contributed by atoms with Gasteiger partial charge in [0.25, 0.3) is 0 Å². The highest BCUT2D eigenvalue weighted by Crippen LogP contribution is 2.20. The second kappa shape index (κ2) is 5.22. The summed E-state index contributed by atoms with van der Waals surface area (Å²) < 4.78 is 5.29. The highest BCUT2D eigenvalue weighted by Gasteiger charge is 2.26. The van der Waals surface area contributed by atoms with Gasteiger partial charge >= 0.3 is 5.97 Å². The maximum absolute atomic E-state index is 11.3. The normalized spacial score (nSPS) is 13.9. The number of hydrogen-bond acceptors (Lipinski definition) is 3. The lowest BCUT2D eigenvalue weighted by Crippen LogP contribution is -2.33. The SMILES string of the molecule is CCC(C)(CC)OC(=O)[C@H](C)CO. The lowest BCUT2D eigenvalue weighted by atomic mass is 10.00. The summed E-state index contributed by atoms with van der Waals surface area (Å²) in [4.78, 5) is 11.3. The van der Waals surface area contributed by atoms with Crippen molar-refractivity contribution in [2.24, 2.45) is 5.92 Å². The van der Waals surface area contributed by atoms with E-state index in [2.05, 4.69) is 0 Å². The maximum atomic E-state index is 11.3. The lowest BCUT2D eigenvalue weighted by molar-refractivity contribution is -0.164. The van der Waals surface area contributed by atoms with Crippen molar-refractivity contribution in [2.75, 3.05) is 6.61 Å². The number of hydrogen-bond donors (Lipinski definition) is 1. The molecule has 0 saturated heterocycles. The van der Waals surface area contributed by atoms with Crippen LogP contribution in [0.4, 0.5) is 0 Å². The third-order valence-corrected chi connectivity index (χ3v) is 2.52. The summed E-state index contributed by atoms with van der Waals surface area (Å²) in [5, 5.41) is 8.75. The number of rotatable bonds is 5. The average Bonchev–Trinajstić information content (AvgIpc) is 2.16. The highest BCUT2D eigenvalue weighted by molar-refractivity contribution is 5.72. The molecule has 0 spiro atoms. The van der Waals surface area contributed by atoms with Crippen molar-refractivity contribution in [3.63, 3.8) is 0 Å². The fourth-order valence-corrected chi connectivity index (χ4v) is 0.812. The zero-order valence-corrected chi connectivity index (χ0v) is 8.96. The zero-order chi connectivity index (χ0) is 10.5. The molecule has 0 aliphatic heterocycles. The van der Waals surface area contributed by atoms with Crippen LogP contribution in [0, 0.1) is 5.92 Å². The van der Waals surface area contributed by atoms with E-state index < -0.39 is 5.92 Å². The Labute approximate surface area is 80.1 Å². The smallest absolute Gasteiger partial charge is 0.311 e. The topological polar surface area (TPSA) is 46.5 Å². The molecule has 0 rings (SSSR count). The summed E-state index contributed by atoms with van der Waals surface area (Å²) in [5.41, 5.74) is -0.374. The first-order valence-electron chi connectivity index (χ1n) is 4.82. The van der Waals surface area contributed by atoms with Crippen molar-refractivity contribution in [3.05, 3.63) is 0 Å². The van der Waals surface area contributed by atoms with Gasteiger partial charge in [0, 0.05) is 0 Å². The van der Waals surface area contributed by atoms with E-state index in [0.717, 1.165) is 12.8 Å². The van der Waals surface area contributed by atoms with E-state index in [1.165, 1.54) is 0 Å². The van der Waals surface area contributed by atoms with Crippen LogP contribution in [-0.2, 0) is 9.53 Å². The monoisotopic (exact) mass is 188 g/mol. The van der Waals surface area contributed by atoms with Gasteiger partial charge in [0.05, 0.1) is 12.5 Å². The molecular formula is C10H20O3. The summed E-state index contributed by atoms with van der Waals surface area (Å²) >= 11 is 0. The zero-order valence-electron chi connectivity index (χ0n) is 8.96. The Hall–Kier alpha value is -0.570. The van der Waals surface area contributed by atoms with Crippen LogP contribution in [0.1, 0.15) is 40.5 Å². The Morgan fingerprint density at radius 1 is 1.46 bits per heavy atom. The van der Waals surface area contributed by atoms with E-state index in [0.29, 0.717) is 0 Å². The van der Waals surface area contributed by atoms with Gasteiger partial charge in [-0.25, -0.2) is 0 Å². The minimum atomic E-state index is -0.419. The van der Waals surface area contributed by atoms with Gasteiger partial charge in [-0.3, -0.25) is 4.79 Å². The van der Waals surface area contributed by atoms with Gasteiger partial charge in [-0.1, -0.05) is 13.8 Å². The van der Waals surface area contributed by atoms with Gasteiger partial charge in [0.1, 0.15) is 5.60 Å². The minimum absolute atomic E-state index is 0.150. The molecule has 0 bridgehead atoms. The molecule has 13 heavy (non-hydrogen) atoms. The third-order valence-electron chi connectivity index (χ3n) is 2.52. The first-order chi connectivity index (χ1) is 5.99. The number of ether oxygens (including phenoxy) is 1. The minimum Gasteiger partial charge on any atom is -0.459 e. The summed E-state index contributed by atoms with van der Waals surface area (Å²) in [5.74, 6) is -0.730. The van der Waals surface area contributed by atoms with E-state index in [1.54, 1.807) is 6.92 Å². The van der Waals surface area contributed by atoms with E-state index in [1.807, 2.05) is 20.8 Å². The molecule has 1 N–H and O–H groups in total. The van der Waals surface area contributed by atoms with E-state index in [-0.39, 0.29) is 18.2 Å². The van der Waals surface area contributed by atoms with Crippen LogP contribution in [-0.4, -0.2) is 23.3 Å². The average molecular weight is 188 g/mol. The van der Waals surface area contributed by atoms with E-state index >= 15 is 0 Å². The Balaban J connectivity index is 4.17. The molecule has 0 radical (unpaired) electrons. The van der Waals surface area contributed by atoms with Crippen LogP contribution >= 0.6 is 0 Å². The van der Waals surface area contributed by atoms with Crippen molar-refractivity contribution in [3.8, 4) is 0 Å². The van der Waals surface area contributed by atoms with Crippen LogP contribution in [0.15, 0.2) is 0 Å². The van der Waals surface area contributed by atoms with Crippen LogP contribution in [0.5, 0.6) is 0 Å². The summed E-state index contributed by atoms with van der Waals surface area (Å²) in [6.07, 6.45) is 1.60. The standard InChI is InChI=1S/C10H20O3/c1-5-10(4,6-2)13-9(12)8(3)7-11/h8,11H,5-7H2,1-4H3/t8-/m1/s1. The Morgan fingerprint density at radius 2 is 1.92 bits per heavy atom. The summed E-state index contributed by atoms with van der Waals surface area (Å²) in [7, 11) is 0. The molecule has 0 fully saturated rings. The van der Waals surface area contributed by atoms with Crippen molar-refractivity contribution in [1.29, 1.82) is 0 Å². The molecule has 0 amide bonds. The Morgan fingerprint density at radius 3 is 2.23 bits per heavy atom. The molecule has 0 unspecified atom stereocenters. The molecule has 3 heteroatoms. The molecule has 0 saturated carbocycles. The van der Waals surface area contributed by atoms with Crippen LogP contribution < -0.4 is 0 Å².